The zero-order valence-corrected chi connectivity index (χ0v) is 23.4. The molecule has 13 heteroatoms. The molecule has 1 aliphatic heterocycles. The van der Waals surface area contributed by atoms with Crippen molar-refractivity contribution in [1.82, 2.24) is 14.9 Å². The number of halogens is 7. The van der Waals surface area contributed by atoms with E-state index in [1.807, 2.05) is 0 Å². The molecule has 0 bridgehead atoms. The van der Waals surface area contributed by atoms with E-state index in [1.165, 1.54) is 31.3 Å². The predicted molar refractivity (Wildman–Crippen MR) is 149 cm³/mol. The van der Waals surface area contributed by atoms with E-state index in [2.05, 4.69) is 15.3 Å². The maximum Gasteiger partial charge on any atom is 0.389 e. The first-order valence-electron chi connectivity index (χ1n) is 13.6. The van der Waals surface area contributed by atoms with Crippen LogP contribution in [0.5, 0.6) is 0 Å². The van der Waals surface area contributed by atoms with Crippen LogP contribution in [0.15, 0.2) is 48.5 Å². The smallest absolute Gasteiger partial charge is 0.357 e. The molecule has 0 spiro atoms. The van der Waals surface area contributed by atoms with Gasteiger partial charge in [0, 0.05) is 42.8 Å². The summed E-state index contributed by atoms with van der Waals surface area (Å²) in [5.74, 6) is -7.55. The van der Waals surface area contributed by atoms with Crippen LogP contribution in [0.25, 0.3) is 33.5 Å². The highest BCUT2D eigenvalue weighted by atomic mass is 19.4. The first-order valence-corrected chi connectivity index (χ1v) is 13.6. The Morgan fingerprint density at radius 3 is 2.05 bits per heavy atom. The number of aromatic nitrogens is 2. The number of benzene rings is 2. The molecule has 2 amide bonds. The molecule has 4 aromatic rings. The van der Waals surface area contributed by atoms with E-state index >= 15 is 8.78 Å². The number of nitrogens with zero attached hydrogens (tertiary/aromatic N) is 2. The third kappa shape index (κ3) is 5.90. The van der Waals surface area contributed by atoms with Gasteiger partial charge in [0.05, 0.1) is 23.2 Å². The van der Waals surface area contributed by atoms with E-state index in [-0.39, 0.29) is 52.2 Å². The molecule has 1 aliphatic rings. The molecule has 0 fully saturated rings. The fourth-order valence-corrected chi connectivity index (χ4v) is 5.46. The van der Waals surface area contributed by atoms with Gasteiger partial charge < -0.3 is 15.2 Å². The van der Waals surface area contributed by atoms with Gasteiger partial charge in [-0.3, -0.25) is 9.59 Å². The summed E-state index contributed by atoms with van der Waals surface area (Å²) < 4.78 is 100. The molecule has 5 rings (SSSR count). The number of rotatable bonds is 7. The van der Waals surface area contributed by atoms with Crippen molar-refractivity contribution < 1.29 is 40.3 Å². The number of hydrogen-bond acceptors (Lipinski definition) is 3. The van der Waals surface area contributed by atoms with E-state index in [9.17, 15) is 31.5 Å². The zero-order chi connectivity index (χ0) is 31.9. The molecule has 0 saturated carbocycles. The lowest BCUT2D eigenvalue weighted by molar-refractivity contribution is -0.139. The van der Waals surface area contributed by atoms with Crippen molar-refractivity contribution in [3.05, 3.63) is 83.2 Å². The summed E-state index contributed by atoms with van der Waals surface area (Å²) in [5, 5.41) is 2.45. The monoisotopic (exact) mass is 618 g/mol. The molecule has 44 heavy (non-hydrogen) atoms. The topological polar surface area (TPSA) is 78.1 Å². The van der Waals surface area contributed by atoms with Gasteiger partial charge in [0.25, 0.3) is 11.9 Å². The minimum atomic E-state index is -4.64. The standard InChI is InChI=1S/C31H25F7N4O2/c1-3-4-20(43)39-29-22(16-7-11-19(33)12-8-16)23(25(34)28(35)41-29)27-21(15-5-9-18(32)10-6-15)24-26(40-27)17(13-31(36,37)38)14-42(2)30(24)44/h5-12,17,40H,3-4,13-14H2,1-2H3,(H,39,41,43). The molecule has 6 nitrogen and oxygen atoms in total. The molecule has 1 atom stereocenters. The molecule has 3 heterocycles. The van der Waals surface area contributed by atoms with Crippen LogP contribution in [-0.4, -0.2) is 46.5 Å². The summed E-state index contributed by atoms with van der Waals surface area (Å²) >= 11 is 0. The zero-order valence-electron chi connectivity index (χ0n) is 23.4. The van der Waals surface area contributed by atoms with Crippen molar-refractivity contribution >= 4 is 17.6 Å². The summed E-state index contributed by atoms with van der Waals surface area (Å²) in [7, 11) is 1.31. The van der Waals surface area contributed by atoms with Gasteiger partial charge in [0.2, 0.25) is 5.91 Å². The number of aromatic amines is 1. The molecular weight excluding hydrogens is 593 g/mol. The van der Waals surface area contributed by atoms with E-state index < -0.39 is 65.1 Å². The molecule has 230 valence electrons. The number of amides is 2. The molecule has 2 aromatic heterocycles. The second-order valence-electron chi connectivity index (χ2n) is 10.5. The van der Waals surface area contributed by atoms with Crippen molar-refractivity contribution in [3.8, 4) is 33.5 Å². The number of nitrogens with one attached hydrogen (secondary N) is 2. The lowest BCUT2D eigenvalue weighted by atomic mass is 9.87. The average molecular weight is 619 g/mol. The Morgan fingerprint density at radius 2 is 1.50 bits per heavy atom. The second-order valence-corrected chi connectivity index (χ2v) is 10.5. The summed E-state index contributed by atoms with van der Waals surface area (Å²) in [4.78, 5) is 33.6. The molecule has 2 N–H and O–H groups in total. The summed E-state index contributed by atoms with van der Waals surface area (Å²) in [6.07, 6.45) is -5.58. The molecule has 0 radical (unpaired) electrons. The Morgan fingerprint density at radius 1 is 0.932 bits per heavy atom. The highest BCUT2D eigenvalue weighted by Crippen LogP contribution is 2.48. The van der Waals surface area contributed by atoms with Crippen LogP contribution in [0.4, 0.5) is 36.6 Å². The van der Waals surface area contributed by atoms with Crippen LogP contribution >= 0.6 is 0 Å². The van der Waals surface area contributed by atoms with Crippen LogP contribution in [-0.2, 0) is 4.79 Å². The summed E-state index contributed by atoms with van der Waals surface area (Å²) in [5.41, 5.74) is -1.41. The molecule has 0 aliphatic carbocycles. The van der Waals surface area contributed by atoms with Crippen LogP contribution in [0.1, 0.15) is 48.2 Å². The lowest BCUT2D eigenvalue weighted by Gasteiger charge is -2.30. The number of H-pyrrole nitrogens is 1. The normalized spacial score (nSPS) is 15.0. The van der Waals surface area contributed by atoms with Crippen LogP contribution in [0.2, 0.25) is 0 Å². The quantitative estimate of drug-likeness (QED) is 0.164. The number of carbonyl (C=O) groups excluding carboxylic acids is 2. The van der Waals surface area contributed by atoms with Crippen LogP contribution in [0.3, 0.4) is 0 Å². The minimum Gasteiger partial charge on any atom is -0.357 e. The van der Waals surface area contributed by atoms with E-state index in [0.717, 1.165) is 29.2 Å². The maximum absolute atomic E-state index is 16.1. The number of carbonyl (C=O) groups is 2. The fraction of sp³-hybridized carbons (Fsp3) is 0.258. The number of hydrogen-bond donors (Lipinski definition) is 2. The van der Waals surface area contributed by atoms with Gasteiger partial charge >= 0.3 is 6.18 Å². The largest absolute Gasteiger partial charge is 0.389 e. The van der Waals surface area contributed by atoms with Crippen LogP contribution < -0.4 is 5.32 Å². The Labute approximate surface area is 246 Å². The van der Waals surface area contributed by atoms with E-state index in [4.69, 9.17) is 0 Å². The SMILES string of the molecule is CCCC(=O)Nc1nc(F)c(F)c(-c2[nH]c3c(c2-c2ccc(F)cc2)C(=O)N(C)CC3CC(F)(F)F)c1-c1ccc(F)cc1. The summed E-state index contributed by atoms with van der Waals surface area (Å²) in [6, 6.07) is 9.13. The van der Waals surface area contributed by atoms with Gasteiger partial charge in [-0.05, 0) is 41.8 Å². The average Bonchev–Trinajstić information content (AvgIpc) is 3.34. The number of pyridine rings is 1. The third-order valence-electron chi connectivity index (χ3n) is 7.32. The third-order valence-corrected chi connectivity index (χ3v) is 7.32. The molecule has 2 aromatic carbocycles. The van der Waals surface area contributed by atoms with Gasteiger partial charge in [0.15, 0.2) is 5.82 Å². The maximum atomic E-state index is 16.1. The highest BCUT2D eigenvalue weighted by Gasteiger charge is 2.42. The predicted octanol–water partition coefficient (Wildman–Crippen LogP) is 7.83. The lowest BCUT2D eigenvalue weighted by Crippen LogP contribution is -2.38. The van der Waals surface area contributed by atoms with E-state index in [1.54, 1.807) is 6.92 Å². The minimum absolute atomic E-state index is 0.00352. The number of fused-ring (bicyclic) bond motifs is 1. The highest BCUT2D eigenvalue weighted by molar-refractivity contribution is 6.09. The molecule has 1 unspecified atom stereocenters. The second kappa shape index (κ2) is 11.8. The van der Waals surface area contributed by atoms with Gasteiger partial charge in [-0.25, -0.2) is 13.2 Å². The van der Waals surface area contributed by atoms with Gasteiger partial charge in [-0.2, -0.15) is 22.5 Å². The van der Waals surface area contributed by atoms with E-state index in [0.29, 0.717) is 6.42 Å². The van der Waals surface area contributed by atoms with Crippen molar-refractivity contribution in [2.75, 3.05) is 18.9 Å². The van der Waals surface area contributed by atoms with Crippen LogP contribution in [0, 0.1) is 23.4 Å². The van der Waals surface area contributed by atoms with Gasteiger partial charge in [-0.15, -0.1) is 0 Å². The first-order chi connectivity index (χ1) is 20.8. The Bertz CT molecular complexity index is 1730. The number of alkyl halides is 3. The van der Waals surface area contributed by atoms with Crippen molar-refractivity contribution in [2.45, 2.75) is 38.3 Å². The van der Waals surface area contributed by atoms with Gasteiger partial charge in [0.1, 0.15) is 17.5 Å². The van der Waals surface area contributed by atoms with Gasteiger partial charge in [-0.1, -0.05) is 31.2 Å². The molecular formula is C31H25F7N4O2. The molecule has 0 saturated heterocycles. The van der Waals surface area contributed by atoms with Crippen molar-refractivity contribution in [1.29, 1.82) is 0 Å². The van der Waals surface area contributed by atoms with Crippen molar-refractivity contribution in [3.63, 3.8) is 0 Å². The Balaban J connectivity index is 1.90. The fourth-order valence-electron chi connectivity index (χ4n) is 5.46. The first kappa shape index (κ1) is 30.8. The summed E-state index contributed by atoms with van der Waals surface area (Å²) in [6.45, 7) is 1.39. The Hall–Kier alpha value is -4.68. The number of anilines is 1. The van der Waals surface area contributed by atoms with Crippen molar-refractivity contribution in [2.24, 2.45) is 0 Å². The Kier molecular flexibility index (Phi) is 8.23. The number of likely N-dealkylation sites (N-methyl/N-ethyl adjacent to an activating group) is 1.